The van der Waals surface area contributed by atoms with Crippen LogP contribution in [0.3, 0.4) is 0 Å². The number of benzene rings is 1. The molecule has 1 atom stereocenters. The van der Waals surface area contributed by atoms with Crippen molar-refractivity contribution in [1.29, 1.82) is 0 Å². The molecule has 2 heterocycles. The summed E-state index contributed by atoms with van der Waals surface area (Å²) < 4.78 is 44.9. The van der Waals surface area contributed by atoms with Gasteiger partial charge in [-0.25, -0.2) is 0 Å². The van der Waals surface area contributed by atoms with E-state index in [0.29, 0.717) is 5.56 Å². The van der Waals surface area contributed by atoms with Crippen molar-refractivity contribution in [1.82, 2.24) is 10.2 Å². The number of hydrogen-bond donors (Lipinski definition) is 1. The van der Waals surface area contributed by atoms with E-state index < -0.39 is 11.7 Å². The Morgan fingerprint density at radius 2 is 1.96 bits per heavy atom. The molecule has 1 aromatic heterocycles. The zero-order valence-electron chi connectivity index (χ0n) is 13.3. The Balaban J connectivity index is 2.06. The molecule has 1 aromatic carbocycles. The summed E-state index contributed by atoms with van der Waals surface area (Å²) in [5, 5.41) is 5.24. The van der Waals surface area contributed by atoms with E-state index in [9.17, 15) is 13.2 Å². The molecule has 3 rings (SSSR count). The zero-order chi connectivity index (χ0) is 17.2. The Morgan fingerprint density at radius 3 is 2.54 bits per heavy atom. The zero-order valence-corrected chi connectivity index (χ0v) is 14.1. The first-order chi connectivity index (χ1) is 11.5. The highest BCUT2D eigenvalue weighted by Crippen LogP contribution is 2.38. The van der Waals surface area contributed by atoms with Gasteiger partial charge >= 0.3 is 6.18 Å². The van der Waals surface area contributed by atoms with Gasteiger partial charge in [0.2, 0.25) is 0 Å². The van der Waals surface area contributed by atoms with Crippen LogP contribution in [0, 0.1) is 0 Å². The van der Waals surface area contributed by atoms with Crippen LogP contribution in [0.5, 0.6) is 5.75 Å². The van der Waals surface area contributed by atoms with Crippen molar-refractivity contribution < 1.29 is 17.9 Å². The van der Waals surface area contributed by atoms with Gasteiger partial charge in [-0.15, -0.1) is 11.3 Å². The van der Waals surface area contributed by atoms with Crippen molar-refractivity contribution in [3.8, 4) is 5.75 Å². The standard InChI is InChI=1S/C17H19F3N2OS/c1-23-14-10-12(9-13(11-14)17(18,19)20)16(15-3-2-8-24-15)22-6-4-21-5-7-22/h2-3,8-11,16,21H,4-7H2,1H3/t16-/m1/s1. The number of nitrogens with zero attached hydrogens (tertiary/aromatic N) is 1. The molecule has 0 unspecified atom stereocenters. The van der Waals surface area contributed by atoms with Gasteiger partial charge < -0.3 is 10.1 Å². The maximum atomic E-state index is 13.3. The van der Waals surface area contributed by atoms with Crippen molar-refractivity contribution in [3.05, 3.63) is 51.7 Å². The minimum atomic E-state index is -4.40. The van der Waals surface area contributed by atoms with Crippen LogP contribution in [0.1, 0.15) is 22.0 Å². The van der Waals surface area contributed by atoms with Gasteiger partial charge in [-0.05, 0) is 35.2 Å². The molecule has 0 spiro atoms. The number of hydrogen-bond acceptors (Lipinski definition) is 4. The molecule has 0 radical (unpaired) electrons. The van der Waals surface area contributed by atoms with Gasteiger partial charge in [-0.1, -0.05) is 6.07 Å². The molecule has 7 heteroatoms. The lowest BCUT2D eigenvalue weighted by Crippen LogP contribution is -2.45. The van der Waals surface area contributed by atoms with Crippen LogP contribution in [-0.2, 0) is 6.18 Å². The SMILES string of the molecule is COc1cc([C@H](c2cccs2)N2CCNCC2)cc(C(F)(F)F)c1. The highest BCUT2D eigenvalue weighted by Gasteiger charge is 2.33. The normalized spacial score (nSPS) is 17.7. The fourth-order valence-electron chi connectivity index (χ4n) is 3.00. The number of piperazine rings is 1. The van der Waals surface area contributed by atoms with E-state index in [1.807, 2.05) is 17.5 Å². The number of halogens is 3. The van der Waals surface area contributed by atoms with Crippen molar-refractivity contribution >= 4 is 11.3 Å². The molecular formula is C17H19F3N2OS. The van der Waals surface area contributed by atoms with Crippen LogP contribution >= 0.6 is 11.3 Å². The number of ether oxygens (including phenoxy) is 1. The van der Waals surface area contributed by atoms with Crippen LogP contribution in [0.2, 0.25) is 0 Å². The topological polar surface area (TPSA) is 24.5 Å². The molecule has 0 bridgehead atoms. The first kappa shape index (κ1) is 17.3. The van der Waals surface area contributed by atoms with Gasteiger partial charge in [0, 0.05) is 31.1 Å². The molecule has 2 aromatic rings. The summed E-state index contributed by atoms with van der Waals surface area (Å²) >= 11 is 1.56. The smallest absolute Gasteiger partial charge is 0.416 e. The second kappa shape index (κ2) is 7.13. The second-order valence-corrected chi connectivity index (χ2v) is 6.68. The highest BCUT2D eigenvalue weighted by molar-refractivity contribution is 7.10. The van der Waals surface area contributed by atoms with Crippen molar-refractivity contribution in [3.63, 3.8) is 0 Å². The molecule has 0 saturated carbocycles. The third kappa shape index (κ3) is 3.74. The van der Waals surface area contributed by atoms with Gasteiger partial charge in [-0.3, -0.25) is 4.90 Å². The highest BCUT2D eigenvalue weighted by atomic mass is 32.1. The Bertz CT molecular complexity index is 667. The van der Waals surface area contributed by atoms with Gasteiger partial charge in [0.05, 0.1) is 18.7 Å². The van der Waals surface area contributed by atoms with E-state index in [1.165, 1.54) is 13.2 Å². The number of alkyl halides is 3. The molecule has 24 heavy (non-hydrogen) atoms. The number of nitrogens with one attached hydrogen (secondary N) is 1. The van der Waals surface area contributed by atoms with Crippen LogP contribution in [0.4, 0.5) is 13.2 Å². The van der Waals surface area contributed by atoms with Crippen LogP contribution < -0.4 is 10.1 Å². The first-order valence-electron chi connectivity index (χ1n) is 7.73. The molecule has 130 valence electrons. The van der Waals surface area contributed by atoms with Crippen LogP contribution in [0.15, 0.2) is 35.7 Å². The van der Waals surface area contributed by atoms with Gasteiger partial charge in [0.25, 0.3) is 0 Å². The molecule has 1 aliphatic heterocycles. The minimum Gasteiger partial charge on any atom is -0.497 e. The van der Waals surface area contributed by atoms with E-state index >= 15 is 0 Å². The van der Waals surface area contributed by atoms with Gasteiger partial charge in [-0.2, -0.15) is 13.2 Å². The maximum Gasteiger partial charge on any atom is 0.416 e. The summed E-state index contributed by atoms with van der Waals surface area (Å²) in [4.78, 5) is 3.26. The summed E-state index contributed by atoms with van der Waals surface area (Å²) in [6, 6.07) is 7.72. The fraction of sp³-hybridized carbons (Fsp3) is 0.412. The number of rotatable bonds is 4. The van der Waals surface area contributed by atoms with Gasteiger partial charge in [0.1, 0.15) is 5.75 Å². The Hall–Kier alpha value is -1.57. The van der Waals surface area contributed by atoms with Crippen LogP contribution in [-0.4, -0.2) is 38.2 Å². The molecule has 1 fully saturated rings. The van der Waals surface area contributed by atoms with Crippen molar-refractivity contribution in [2.75, 3.05) is 33.3 Å². The quantitative estimate of drug-likeness (QED) is 0.903. The third-order valence-electron chi connectivity index (χ3n) is 4.14. The predicted molar refractivity (Wildman–Crippen MR) is 88.6 cm³/mol. The maximum absolute atomic E-state index is 13.3. The number of thiophene rings is 1. The van der Waals surface area contributed by atoms with E-state index in [4.69, 9.17) is 4.74 Å². The van der Waals surface area contributed by atoms with Crippen molar-refractivity contribution in [2.24, 2.45) is 0 Å². The van der Waals surface area contributed by atoms with E-state index in [0.717, 1.165) is 37.1 Å². The second-order valence-electron chi connectivity index (χ2n) is 5.70. The summed E-state index contributed by atoms with van der Waals surface area (Å²) in [5.41, 5.74) is -0.0560. The molecule has 0 amide bonds. The molecule has 1 aliphatic rings. The summed E-state index contributed by atoms with van der Waals surface area (Å²) in [7, 11) is 1.39. The van der Waals surface area contributed by atoms with Crippen molar-refractivity contribution in [2.45, 2.75) is 12.2 Å². The lowest BCUT2D eigenvalue weighted by atomic mass is 9.99. The summed E-state index contributed by atoms with van der Waals surface area (Å²) in [6.45, 7) is 3.25. The average Bonchev–Trinajstić information content (AvgIpc) is 3.09. The van der Waals surface area contributed by atoms with Gasteiger partial charge in [0.15, 0.2) is 0 Å². The van der Waals surface area contributed by atoms with E-state index in [1.54, 1.807) is 17.4 Å². The lowest BCUT2D eigenvalue weighted by Gasteiger charge is -2.35. The van der Waals surface area contributed by atoms with Crippen LogP contribution in [0.25, 0.3) is 0 Å². The largest absolute Gasteiger partial charge is 0.497 e. The summed E-state index contributed by atoms with van der Waals surface area (Å²) in [6.07, 6.45) is -4.40. The molecule has 1 N–H and O–H groups in total. The average molecular weight is 356 g/mol. The first-order valence-corrected chi connectivity index (χ1v) is 8.61. The molecular weight excluding hydrogens is 337 g/mol. The monoisotopic (exact) mass is 356 g/mol. The molecule has 0 aliphatic carbocycles. The van der Waals surface area contributed by atoms with E-state index in [-0.39, 0.29) is 11.8 Å². The molecule has 1 saturated heterocycles. The summed E-state index contributed by atoms with van der Waals surface area (Å²) in [5.74, 6) is 0.233. The Kier molecular flexibility index (Phi) is 5.12. The Labute approximate surface area is 143 Å². The van der Waals surface area contributed by atoms with E-state index in [2.05, 4.69) is 10.2 Å². The number of methoxy groups -OCH3 is 1. The Morgan fingerprint density at radius 1 is 1.21 bits per heavy atom. The third-order valence-corrected chi connectivity index (χ3v) is 5.06. The predicted octanol–water partition coefficient (Wildman–Crippen LogP) is 3.77. The fourth-order valence-corrected chi connectivity index (χ4v) is 3.89. The lowest BCUT2D eigenvalue weighted by molar-refractivity contribution is -0.137. The minimum absolute atomic E-state index is 0.191. The molecule has 3 nitrogen and oxygen atoms in total.